The lowest BCUT2D eigenvalue weighted by molar-refractivity contribution is -0.120. The number of piperidine rings is 1. The zero-order valence-electron chi connectivity index (χ0n) is 17.3. The summed E-state index contributed by atoms with van der Waals surface area (Å²) in [6.07, 6.45) is 0.947. The molecular weight excluding hydrogens is 454 g/mol. The molecule has 0 bridgehead atoms. The van der Waals surface area contributed by atoms with E-state index < -0.39 is 10.0 Å². The summed E-state index contributed by atoms with van der Waals surface area (Å²) in [7, 11) is -3.58. The van der Waals surface area contributed by atoms with E-state index in [9.17, 15) is 13.2 Å². The number of halogens is 1. The summed E-state index contributed by atoms with van der Waals surface area (Å²) in [5.74, 6) is 0.0838. The molecule has 164 valence electrons. The van der Waals surface area contributed by atoms with E-state index in [1.807, 2.05) is 6.07 Å². The van der Waals surface area contributed by atoms with Crippen molar-refractivity contribution in [3.05, 3.63) is 53.1 Å². The highest BCUT2D eigenvalue weighted by Gasteiger charge is 2.32. The summed E-state index contributed by atoms with van der Waals surface area (Å²) in [4.78, 5) is 17.5. The Morgan fingerprint density at radius 1 is 1.16 bits per heavy atom. The van der Waals surface area contributed by atoms with Crippen molar-refractivity contribution in [1.29, 1.82) is 0 Å². The van der Waals surface area contributed by atoms with Crippen molar-refractivity contribution in [2.75, 3.05) is 18.4 Å². The van der Waals surface area contributed by atoms with Crippen LogP contribution in [0.4, 0.5) is 5.13 Å². The van der Waals surface area contributed by atoms with Gasteiger partial charge in [0.25, 0.3) is 0 Å². The van der Waals surface area contributed by atoms with E-state index in [2.05, 4.69) is 36.3 Å². The van der Waals surface area contributed by atoms with Gasteiger partial charge in [-0.15, -0.1) is 0 Å². The highest BCUT2D eigenvalue weighted by atomic mass is 35.5. The molecule has 1 aliphatic rings. The fourth-order valence-electron chi connectivity index (χ4n) is 3.68. The van der Waals surface area contributed by atoms with Crippen molar-refractivity contribution in [2.45, 2.75) is 37.5 Å². The number of amides is 1. The molecule has 1 N–H and O–H groups in total. The zero-order valence-corrected chi connectivity index (χ0v) is 19.7. The van der Waals surface area contributed by atoms with Crippen LogP contribution in [0.5, 0.6) is 0 Å². The first-order valence-corrected chi connectivity index (χ1v) is 12.8. The summed E-state index contributed by atoms with van der Waals surface area (Å²) < 4.78 is 28.1. The van der Waals surface area contributed by atoms with Gasteiger partial charge in [0, 0.05) is 24.0 Å². The predicted octanol–water partition coefficient (Wildman–Crippen LogP) is 5.11. The fraction of sp³-hybridized carbons (Fsp3) is 0.364. The minimum Gasteiger partial charge on any atom is -0.302 e. The van der Waals surface area contributed by atoms with Gasteiger partial charge in [-0.3, -0.25) is 4.79 Å². The number of rotatable bonds is 5. The van der Waals surface area contributed by atoms with E-state index in [1.54, 1.807) is 12.1 Å². The molecule has 0 aliphatic carbocycles. The van der Waals surface area contributed by atoms with Crippen LogP contribution in [0.25, 0.3) is 10.2 Å². The average Bonchev–Trinajstić information content (AvgIpc) is 3.15. The van der Waals surface area contributed by atoms with Crippen molar-refractivity contribution in [2.24, 2.45) is 5.92 Å². The van der Waals surface area contributed by atoms with Gasteiger partial charge in [-0.05, 0) is 60.7 Å². The molecule has 1 fully saturated rings. The number of carbonyl (C=O) groups is 1. The van der Waals surface area contributed by atoms with Crippen molar-refractivity contribution >= 4 is 54.2 Å². The first-order chi connectivity index (χ1) is 14.7. The number of hydrogen-bond acceptors (Lipinski definition) is 5. The Labute approximate surface area is 191 Å². The number of benzene rings is 2. The Bertz CT molecular complexity index is 1200. The number of carbonyl (C=O) groups excluding carboxylic acids is 1. The minimum atomic E-state index is -3.58. The lowest BCUT2D eigenvalue weighted by atomic mass is 9.97. The molecule has 4 rings (SSSR count). The summed E-state index contributed by atoms with van der Waals surface area (Å²) in [5, 5.41) is 4.00. The smallest absolute Gasteiger partial charge is 0.243 e. The second kappa shape index (κ2) is 8.86. The van der Waals surface area contributed by atoms with Crippen LogP contribution in [0.3, 0.4) is 0 Å². The van der Waals surface area contributed by atoms with E-state index in [-0.39, 0.29) is 16.7 Å². The number of sulfonamides is 1. The molecule has 31 heavy (non-hydrogen) atoms. The number of aromatic nitrogens is 1. The van der Waals surface area contributed by atoms with Crippen LogP contribution in [0.15, 0.2) is 47.4 Å². The van der Waals surface area contributed by atoms with Crippen LogP contribution in [0.2, 0.25) is 5.02 Å². The minimum absolute atomic E-state index is 0.105. The van der Waals surface area contributed by atoms with Crippen LogP contribution < -0.4 is 5.32 Å². The molecule has 9 heteroatoms. The quantitative estimate of drug-likeness (QED) is 0.553. The molecule has 1 aromatic heterocycles. The third kappa shape index (κ3) is 4.77. The van der Waals surface area contributed by atoms with Crippen molar-refractivity contribution in [3.8, 4) is 0 Å². The molecule has 2 aromatic carbocycles. The zero-order chi connectivity index (χ0) is 22.2. The van der Waals surface area contributed by atoms with E-state index in [0.29, 0.717) is 42.0 Å². The normalized spacial score (nSPS) is 16.1. The van der Waals surface area contributed by atoms with Gasteiger partial charge >= 0.3 is 0 Å². The van der Waals surface area contributed by atoms with Gasteiger partial charge in [0.15, 0.2) is 5.13 Å². The number of nitrogens with one attached hydrogen (secondary N) is 1. The molecule has 3 aromatic rings. The Balaban J connectivity index is 1.39. The molecule has 0 unspecified atom stereocenters. The molecule has 0 saturated carbocycles. The Kier molecular flexibility index (Phi) is 6.35. The van der Waals surface area contributed by atoms with E-state index in [4.69, 9.17) is 11.6 Å². The van der Waals surface area contributed by atoms with Gasteiger partial charge in [0.1, 0.15) is 0 Å². The average molecular weight is 478 g/mol. The van der Waals surface area contributed by atoms with E-state index in [1.165, 1.54) is 33.3 Å². The van der Waals surface area contributed by atoms with Crippen LogP contribution in [0.1, 0.15) is 38.2 Å². The second-order valence-electron chi connectivity index (χ2n) is 8.02. The van der Waals surface area contributed by atoms with Crippen LogP contribution in [0, 0.1) is 5.92 Å². The molecule has 0 atom stereocenters. The summed E-state index contributed by atoms with van der Waals surface area (Å²) in [5.41, 5.74) is 2.11. The number of hydrogen-bond donors (Lipinski definition) is 1. The number of thiazole rings is 1. The largest absolute Gasteiger partial charge is 0.302 e. The van der Waals surface area contributed by atoms with Crippen LogP contribution >= 0.6 is 22.9 Å². The highest BCUT2D eigenvalue weighted by molar-refractivity contribution is 7.89. The van der Waals surface area contributed by atoms with Crippen LogP contribution in [-0.4, -0.2) is 36.7 Å². The molecule has 0 spiro atoms. The van der Waals surface area contributed by atoms with Crippen molar-refractivity contribution < 1.29 is 13.2 Å². The van der Waals surface area contributed by atoms with Gasteiger partial charge < -0.3 is 5.32 Å². The second-order valence-corrected chi connectivity index (χ2v) is 11.4. The lowest BCUT2D eigenvalue weighted by Crippen LogP contribution is -2.41. The maximum Gasteiger partial charge on any atom is 0.243 e. The summed E-state index contributed by atoms with van der Waals surface area (Å²) in [6, 6.07) is 12.3. The Morgan fingerprint density at radius 3 is 2.48 bits per heavy atom. The lowest BCUT2D eigenvalue weighted by Gasteiger charge is -2.30. The van der Waals surface area contributed by atoms with Crippen LogP contribution in [-0.2, 0) is 14.8 Å². The molecule has 0 radical (unpaired) electrons. The maximum absolute atomic E-state index is 12.8. The molecule has 6 nitrogen and oxygen atoms in total. The van der Waals surface area contributed by atoms with Gasteiger partial charge in [-0.2, -0.15) is 4.31 Å². The van der Waals surface area contributed by atoms with E-state index >= 15 is 0 Å². The third-order valence-corrected chi connectivity index (χ3v) is 8.68. The summed E-state index contributed by atoms with van der Waals surface area (Å²) >= 11 is 7.32. The van der Waals surface area contributed by atoms with E-state index in [0.717, 1.165) is 10.2 Å². The first kappa shape index (κ1) is 22.2. The molecular formula is C22H24ClN3O3S2. The number of anilines is 1. The SMILES string of the molecule is CC(C)c1ccc2nc(NC(=O)C3CCN(S(=O)(=O)c4ccc(Cl)cc4)CC3)sc2c1. The molecule has 1 saturated heterocycles. The van der Waals surface area contributed by atoms with Gasteiger partial charge in [-0.1, -0.05) is 42.9 Å². The Morgan fingerprint density at radius 2 is 1.84 bits per heavy atom. The monoisotopic (exact) mass is 477 g/mol. The first-order valence-electron chi connectivity index (χ1n) is 10.2. The van der Waals surface area contributed by atoms with Crippen molar-refractivity contribution in [3.63, 3.8) is 0 Å². The molecule has 2 heterocycles. The maximum atomic E-state index is 12.8. The summed E-state index contributed by atoms with van der Waals surface area (Å²) in [6.45, 7) is 4.90. The van der Waals surface area contributed by atoms with Gasteiger partial charge in [-0.25, -0.2) is 13.4 Å². The topological polar surface area (TPSA) is 79.4 Å². The predicted molar refractivity (Wildman–Crippen MR) is 125 cm³/mol. The fourth-order valence-corrected chi connectivity index (χ4v) is 6.19. The number of nitrogens with zero attached hydrogens (tertiary/aromatic N) is 2. The molecule has 1 aliphatic heterocycles. The van der Waals surface area contributed by atoms with Gasteiger partial charge in [0.2, 0.25) is 15.9 Å². The van der Waals surface area contributed by atoms with Gasteiger partial charge in [0.05, 0.1) is 15.1 Å². The molecule has 1 amide bonds. The Hall–Kier alpha value is -2.00. The standard InChI is InChI=1S/C22H24ClN3O3S2/c1-14(2)16-3-8-19-20(13-16)30-22(24-19)25-21(27)15-9-11-26(12-10-15)31(28,29)18-6-4-17(23)5-7-18/h3-8,13-15H,9-12H2,1-2H3,(H,24,25,27). The number of fused-ring (bicyclic) bond motifs is 1. The highest BCUT2D eigenvalue weighted by Crippen LogP contribution is 2.30. The third-order valence-electron chi connectivity index (χ3n) is 5.59. The van der Waals surface area contributed by atoms with Crippen molar-refractivity contribution in [1.82, 2.24) is 9.29 Å².